The topological polar surface area (TPSA) is 86.6 Å². The van der Waals surface area contributed by atoms with Crippen molar-refractivity contribution in [3.05, 3.63) is 0 Å². The number of hydrogen-bond acceptors (Lipinski definition) is 3. The molecule has 13 heavy (non-hydrogen) atoms. The van der Waals surface area contributed by atoms with Crippen molar-refractivity contribution in [1.29, 1.82) is 0 Å². The Kier molecular flexibility index (Phi) is 4.40. The Morgan fingerprint density at radius 1 is 1.23 bits per heavy atom. The smallest absolute Gasteiger partial charge is 0.325 e. The summed E-state index contributed by atoms with van der Waals surface area (Å²) in [6, 6.07) is -0.971. The standard InChI is InChI=1S/C8H15NO4/c1-4(2)6(10)7(11)9-5(3)8(12)13/h4-6,10H,1-3H3,(H,9,11)(H,12,13)/t5-,6+/m1/s1. The maximum Gasteiger partial charge on any atom is 0.325 e. The summed E-state index contributed by atoms with van der Waals surface area (Å²) in [6.07, 6.45) is -1.15. The lowest BCUT2D eigenvalue weighted by atomic mass is 10.1. The molecule has 0 spiro atoms. The van der Waals surface area contributed by atoms with Gasteiger partial charge in [0.05, 0.1) is 0 Å². The monoisotopic (exact) mass is 189 g/mol. The Labute approximate surface area is 76.8 Å². The molecule has 76 valence electrons. The van der Waals surface area contributed by atoms with Crippen LogP contribution in [0.1, 0.15) is 20.8 Å². The highest BCUT2D eigenvalue weighted by molar-refractivity contribution is 5.85. The molecule has 0 aliphatic carbocycles. The molecule has 0 aromatic heterocycles. The molecule has 0 rings (SSSR count). The van der Waals surface area contributed by atoms with Crippen LogP contribution in [0.5, 0.6) is 0 Å². The number of rotatable bonds is 4. The Morgan fingerprint density at radius 2 is 1.69 bits per heavy atom. The zero-order valence-corrected chi connectivity index (χ0v) is 7.94. The van der Waals surface area contributed by atoms with Crippen LogP contribution in [0.4, 0.5) is 0 Å². The minimum absolute atomic E-state index is 0.221. The number of aliphatic hydroxyl groups excluding tert-OH is 1. The zero-order chi connectivity index (χ0) is 10.6. The van der Waals surface area contributed by atoms with Crippen molar-refractivity contribution in [3.8, 4) is 0 Å². The van der Waals surface area contributed by atoms with Crippen LogP contribution in [0.2, 0.25) is 0 Å². The van der Waals surface area contributed by atoms with Crippen molar-refractivity contribution < 1.29 is 19.8 Å². The molecule has 0 radical (unpaired) electrons. The first-order chi connectivity index (χ1) is 5.86. The summed E-state index contributed by atoms with van der Waals surface area (Å²) in [6.45, 7) is 4.69. The summed E-state index contributed by atoms with van der Waals surface area (Å²) in [5.41, 5.74) is 0. The minimum atomic E-state index is -1.15. The van der Waals surface area contributed by atoms with E-state index in [0.717, 1.165) is 0 Å². The van der Waals surface area contributed by atoms with E-state index in [-0.39, 0.29) is 5.92 Å². The molecule has 1 amide bonds. The van der Waals surface area contributed by atoms with Crippen LogP contribution in [0.15, 0.2) is 0 Å². The van der Waals surface area contributed by atoms with Crippen molar-refractivity contribution in [2.75, 3.05) is 0 Å². The fourth-order valence-corrected chi connectivity index (χ4v) is 0.663. The lowest BCUT2D eigenvalue weighted by Crippen LogP contribution is -2.45. The molecule has 0 bridgehead atoms. The number of amides is 1. The largest absolute Gasteiger partial charge is 0.480 e. The molecule has 0 aliphatic rings. The van der Waals surface area contributed by atoms with E-state index in [1.807, 2.05) is 0 Å². The van der Waals surface area contributed by atoms with Crippen molar-refractivity contribution >= 4 is 11.9 Å². The molecule has 0 unspecified atom stereocenters. The summed E-state index contributed by atoms with van der Waals surface area (Å²) < 4.78 is 0. The van der Waals surface area contributed by atoms with Gasteiger partial charge < -0.3 is 15.5 Å². The SMILES string of the molecule is CC(C)[C@H](O)C(=O)N[C@H](C)C(=O)O. The van der Waals surface area contributed by atoms with Gasteiger partial charge in [0.25, 0.3) is 0 Å². The van der Waals surface area contributed by atoms with Crippen molar-refractivity contribution in [3.63, 3.8) is 0 Å². The van der Waals surface area contributed by atoms with Gasteiger partial charge in [0.15, 0.2) is 0 Å². The summed E-state index contributed by atoms with van der Waals surface area (Å²) in [7, 11) is 0. The first-order valence-electron chi connectivity index (χ1n) is 4.07. The Bertz CT molecular complexity index is 202. The number of aliphatic carboxylic acids is 1. The van der Waals surface area contributed by atoms with Crippen LogP contribution < -0.4 is 5.32 Å². The van der Waals surface area contributed by atoms with E-state index < -0.39 is 24.0 Å². The second-order valence-electron chi connectivity index (χ2n) is 3.26. The molecule has 0 aromatic carbocycles. The molecular weight excluding hydrogens is 174 g/mol. The molecule has 0 aromatic rings. The van der Waals surface area contributed by atoms with Crippen molar-refractivity contribution in [2.45, 2.75) is 32.9 Å². The van der Waals surface area contributed by atoms with Crippen molar-refractivity contribution in [1.82, 2.24) is 5.32 Å². The second-order valence-corrected chi connectivity index (χ2v) is 3.26. The van der Waals surface area contributed by atoms with Crippen molar-refractivity contribution in [2.24, 2.45) is 5.92 Å². The molecule has 0 fully saturated rings. The van der Waals surface area contributed by atoms with E-state index in [9.17, 15) is 14.7 Å². The third kappa shape index (κ3) is 3.89. The van der Waals surface area contributed by atoms with E-state index in [1.54, 1.807) is 13.8 Å². The van der Waals surface area contributed by atoms with Gasteiger partial charge >= 0.3 is 5.97 Å². The Balaban J connectivity index is 4.08. The quantitative estimate of drug-likeness (QED) is 0.561. The third-order valence-electron chi connectivity index (χ3n) is 1.63. The van der Waals surface area contributed by atoms with Gasteiger partial charge in [-0.15, -0.1) is 0 Å². The maximum absolute atomic E-state index is 11.1. The van der Waals surface area contributed by atoms with Crippen LogP contribution in [-0.4, -0.2) is 34.2 Å². The Morgan fingerprint density at radius 3 is 2.00 bits per heavy atom. The van der Waals surface area contributed by atoms with Gasteiger partial charge in [0, 0.05) is 0 Å². The number of hydrogen-bond donors (Lipinski definition) is 3. The number of carbonyl (C=O) groups excluding carboxylic acids is 1. The molecule has 2 atom stereocenters. The normalized spacial score (nSPS) is 15.2. The molecule has 0 saturated heterocycles. The highest BCUT2D eigenvalue weighted by Gasteiger charge is 2.22. The molecule has 5 heteroatoms. The number of carboxylic acid groups (broad SMARTS) is 1. The van der Waals surface area contributed by atoms with Crippen LogP contribution in [-0.2, 0) is 9.59 Å². The van der Waals surface area contributed by atoms with E-state index in [1.165, 1.54) is 6.92 Å². The van der Waals surface area contributed by atoms with Gasteiger partial charge in [-0.25, -0.2) is 0 Å². The van der Waals surface area contributed by atoms with E-state index >= 15 is 0 Å². The Hall–Kier alpha value is -1.10. The second kappa shape index (κ2) is 4.81. The summed E-state index contributed by atoms with van der Waals surface area (Å²) in [4.78, 5) is 21.4. The molecular formula is C8H15NO4. The summed E-state index contributed by atoms with van der Waals surface area (Å²) >= 11 is 0. The summed E-state index contributed by atoms with van der Waals surface area (Å²) in [5, 5.41) is 19.8. The number of nitrogens with one attached hydrogen (secondary N) is 1. The molecule has 0 aliphatic heterocycles. The maximum atomic E-state index is 11.1. The van der Waals surface area contributed by atoms with Gasteiger partial charge in [-0.3, -0.25) is 9.59 Å². The first kappa shape index (κ1) is 11.9. The van der Waals surface area contributed by atoms with Gasteiger partial charge in [0.2, 0.25) is 5.91 Å². The highest BCUT2D eigenvalue weighted by Crippen LogP contribution is 2.00. The van der Waals surface area contributed by atoms with E-state index in [4.69, 9.17) is 5.11 Å². The third-order valence-corrected chi connectivity index (χ3v) is 1.63. The number of carbonyl (C=O) groups is 2. The highest BCUT2D eigenvalue weighted by atomic mass is 16.4. The average Bonchev–Trinajstić information content (AvgIpc) is 2.02. The lowest BCUT2D eigenvalue weighted by molar-refractivity contribution is -0.143. The first-order valence-corrected chi connectivity index (χ1v) is 4.07. The van der Waals surface area contributed by atoms with Gasteiger partial charge in [-0.2, -0.15) is 0 Å². The fourth-order valence-electron chi connectivity index (χ4n) is 0.663. The summed E-state index contributed by atoms with van der Waals surface area (Å²) in [5.74, 6) is -1.99. The van der Waals surface area contributed by atoms with Gasteiger partial charge in [-0.05, 0) is 12.8 Å². The predicted octanol–water partition coefficient (Wildman–Crippen LogP) is -0.407. The van der Waals surface area contributed by atoms with Gasteiger partial charge in [0.1, 0.15) is 12.1 Å². The predicted molar refractivity (Wildman–Crippen MR) is 46.1 cm³/mol. The van der Waals surface area contributed by atoms with E-state index in [0.29, 0.717) is 0 Å². The number of aliphatic hydroxyl groups is 1. The van der Waals surface area contributed by atoms with E-state index in [2.05, 4.69) is 5.32 Å². The number of carboxylic acids is 1. The average molecular weight is 189 g/mol. The molecule has 3 N–H and O–H groups in total. The zero-order valence-electron chi connectivity index (χ0n) is 7.94. The molecule has 5 nitrogen and oxygen atoms in total. The van der Waals surface area contributed by atoms with Crippen LogP contribution in [0.3, 0.4) is 0 Å². The molecule has 0 heterocycles. The van der Waals surface area contributed by atoms with Gasteiger partial charge in [-0.1, -0.05) is 13.8 Å². The van der Waals surface area contributed by atoms with Crippen LogP contribution in [0.25, 0.3) is 0 Å². The lowest BCUT2D eigenvalue weighted by Gasteiger charge is -2.16. The minimum Gasteiger partial charge on any atom is -0.480 e. The molecule has 0 saturated carbocycles. The van der Waals surface area contributed by atoms with Crippen LogP contribution >= 0.6 is 0 Å². The van der Waals surface area contributed by atoms with Crippen LogP contribution in [0, 0.1) is 5.92 Å². The fraction of sp³-hybridized carbons (Fsp3) is 0.750.